The Labute approximate surface area is 203 Å². The summed E-state index contributed by atoms with van der Waals surface area (Å²) in [5.41, 5.74) is 4.02. The molecule has 1 saturated heterocycles. The number of pyridine rings is 3. The molecule has 7 nitrogen and oxygen atoms in total. The lowest BCUT2D eigenvalue weighted by Crippen LogP contribution is -2.43. The first kappa shape index (κ1) is 22.7. The van der Waals surface area contributed by atoms with Crippen molar-refractivity contribution in [1.29, 1.82) is 0 Å². The van der Waals surface area contributed by atoms with Crippen LogP contribution in [0.2, 0.25) is 0 Å². The van der Waals surface area contributed by atoms with Crippen molar-refractivity contribution in [2.45, 2.75) is 32.0 Å². The molecule has 0 atom stereocenters. The van der Waals surface area contributed by atoms with Crippen molar-refractivity contribution in [3.8, 4) is 16.2 Å². The van der Waals surface area contributed by atoms with Crippen LogP contribution in [0.3, 0.4) is 0 Å². The summed E-state index contributed by atoms with van der Waals surface area (Å²) in [4.78, 5) is 25.1. The van der Waals surface area contributed by atoms with Crippen molar-refractivity contribution in [3.05, 3.63) is 76.3 Å². The van der Waals surface area contributed by atoms with Crippen molar-refractivity contribution in [2.75, 3.05) is 26.7 Å². The molecular formula is C26H29N5O2S. The maximum atomic E-state index is 12.5. The van der Waals surface area contributed by atoms with E-state index in [0.717, 1.165) is 50.1 Å². The smallest absolute Gasteiger partial charge is 0.251 e. The standard InChI is InChI=1S/C26H29N5O2S/c1-33-22-14-24-23(29-18-22)4-5-26(32)31(24)11-10-30-8-6-21(7-9-30)28-16-19-13-20(17-27-15-19)25-3-2-12-34-25/h2-5,12-15,17-18,21,28H,6-11,16H2,1H3. The molecule has 0 amide bonds. The Morgan fingerprint density at radius 2 is 2.00 bits per heavy atom. The van der Waals surface area contributed by atoms with Gasteiger partial charge in [0.15, 0.2) is 0 Å². The van der Waals surface area contributed by atoms with Crippen molar-refractivity contribution >= 4 is 22.4 Å². The summed E-state index contributed by atoms with van der Waals surface area (Å²) in [6.45, 7) is 4.36. The lowest BCUT2D eigenvalue weighted by Gasteiger charge is -2.32. The minimum absolute atomic E-state index is 0.00232. The van der Waals surface area contributed by atoms with E-state index >= 15 is 0 Å². The number of hydrogen-bond acceptors (Lipinski definition) is 7. The fraction of sp³-hybridized carbons (Fsp3) is 0.346. The number of ether oxygens (including phenoxy) is 1. The van der Waals surface area contributed by atoms with Gasteiger partial charge in [0, 0.05) is 60.6 Å². The number of methoxy groups -OCH3 is 1. The average molecular weight is 476 g/mol. The van der Waals surface area contributed by atoms with E-state index in [4.69, 9.17) is 4.74 Å². The van der Waals surface area contributed by atoms with E-state index in [9.17, 15) is 4.79 Å². The van der Waals surface area contributed by atoms with Crippen LogP contribution in [0.4, 0.5) is 0 Å². The van der Waals surface area contributed by atoms with Crippen molar-refractivity contribution in [1.82, 2.24) is 24.8 Å². The van der Waals surface area contributed by atoms with Gasteiger partial charge in [0.2, 0.25) is 0 Å². The molecule has 5 rings (SSSR count). The van der Waals surface area contributed by atoms with Crippen molar-refractivity contribution in [2.24, 2.45) is 0 Å². The summed E-state index contributed by atoms with van der Waals surface area (Å²) in [6.07, 6.45) is 7.76. The van der Waals surface area contributed by atoms with Gasteiger partial charge >= 0.3 is 0 Å². The van der Waals surface area contributed by atoms with Gasteiger partial charge in [-0.1, -0.05) is 6.07 Å². The van der Waals surface area contributed by atoms with Crippen LogP contribution in [-0.4, -0.2) is 52.2 Å². The van der Waals surface area contributed by atoms with Crippen LogP contribution >= 0.6 is 11.3 Å². The highest BCUT2D eigenvalue weighted by molar-refractivity contribution is 7.13. The van der Waals surface area contributed by atoms with Gasteiger partial charge in [-0.05, 0) is 55.1 Å². The fourth-order valence-electron chi connectivity index (χ4n) is 4.52. The topological polar surface area (TPSA) is 72.3 Å². The molecule has 8 heteroatoms. The highest BCUT2D eigenvalue weighted by Gasteiger charge is 2.19. The summed E-state index contributed by atoms with van der Waals surface area (Å²) in [6, 6.07) is 12.2. The van der Waals surface area contributed by atoms with Crippen LogP contribution in [0.5, 0.6) is 5.75 Å². The first-order valence-electron chi connectivity index (χ1n) is 11.7. The fourth-order valence-corrected chi connectivity index (χ4v) is 5.23. The SMILES string of the molecule is COc1cnc2ccc(=O)n(CCN3CCC(NCc4cncc(-c5cccs5)c4)CC3)c2c1. The van der Waals surface area contributed by atoms with Gasteiger partial charge in [-0.3, -0.25) is 14.8 Å². The molecule has 0 aliphatic carbocycles. The number of nitrogens with zero attached hydrogens (tertiary/aromatic N) is 4. The molecule has 1 aliphatic rings. The van der Waals surface area contributed by atoms with E-state index in [1.165, 1.54) is 16.0 Å². The molecule has 1 N–H and O–H groups in total. The number of aromatic nitrogens is 3. The van der Waals surface area contributed by atoms with Crippen molar-refractivity contribution < 1.29 is 4.74 Å². The van der Waals surface area contributed by atoms with Crippen LogP contribution in [0.1, 0.15) is 18.4 Å². The molecular weight excluding hydrogens is 446 g/mol. The van der Waals surface area contributed by atoms with Crippen LogP contribution in [0.25, 0.3) is 21.5 Å². The minimum Gasteiger partial charge on any atom is -0.495 e. The molecule has 0 saturated carbocycles. The Morgan fingerprint density at radius 1 is 1.12 bits per heavy atom. The minimum atomic E-state index is -0.00232. The van der Waals surface area contributed by atoms with E-state index in [2.05, 4.69) is 43.8 Å². The van der Waals surface area contributed by atoms with E-state index in [0.29, 0.717) is 18.3 Å². The Bertz CT molecular complexity index is 1300. The zero-order valence-electron chi connectivity index (χ0n) is 19.3. The Balaban J connectivity index is 1.14. The predicted molar refractivity (Wildman–Crippen MR) is 136 cm³/mol. The second kappa shape index (κ2) is 10.5. The molecule has 34 heavy (non-hydrogen) atoms. The van der Waals surface area contributed by atoms with Crippen LogP contribution in [0.15, 0.2) is 65.2 Å². The van der Waals surface area contributed by atoms with Crippen LogP contribution in [-0.2, 0) is 13.1 Å². The Hall–Kier alpha value is -3.07. The summed E-state index contributed by atoms with van der Waals surface area (Å²) < 4.78 is 7.11. The zero-order chi connectivity index (χ0) is 23.3. The maximum absolute atomic E-state index is 12.5. The second-order valence-corrected chi connectivity index (χ2v) is 9.61. The number of nitrogens with one attached hydrogen (secondary N) is 1. The van der Waals surface area contributed by atoms with Gasteiger partial charge in [0.1, 0.15) is 5.75 Å². The second-order valence-electron chi connectivity index (χ2n) is 8.66. The summed E-state index contributed by atoms with van der Waals surface area (Å²) >= 11 is 1.74. The average Bonchev–Trinajstić information content (AvgIpc) is 3.43. The van der Waals surface area contributed by atoms with Gasteiger partial charge in [-0.2, -0.15) is 0 Å². The number of thiophene rings is 1. The quantitative estimate of drug-likeness (QED) is 0.418. The molecule has 5 heterocycles. The molecule has 176 valence electrons. The highest BCUT2D eigenvalue weighted by Crippen LogP contribution is 2.24. The Morgan fingerprint density at radius 3 is 2.79 bits per heavy atom. The molecule has 1 fully saturated rings. The lowest BCUT2D eigenvalue weighted by molar-refractivity contribution is 0.191. The number of fused-ring (bicyclic) bond motifs is 1. The van der Waals surface area contributed by atoms with Gasteiger partial charge in [0.25, 0.3) is 5.56 Å². The molecule has 0 radical (unpaired) electrons. The van der Waals surface area contributed by atoms with E-state index in [1.54, 1.807) is 36.8 Å². The number of piperidine rings is 1. The van der Waals surface area contributed by atoms with Crippen LogP contribution in [0, 0.1) is 0 Å². The molecule has 1 aliphatic heterocycles. The predicted octanol–water partition coefficient (Wildman–Crippen LogP) is 3.78. The van der Waals surface area contributed by atoms with Crippen LogP contribution < -0.4 is 15.6 Å². The monoisotopic (exact) mass is 475 g/mol. The van der Waals surface area contributed by atoms with Gasteiger partial charge in [0.05, 0.1) is 24.3 Å². The maximum Gasteiger partial charge on any atom is 0.251 e. The molecule has 0 spiro atoms. The van der Waals surface area contributed by atoms with Gasteiger partial charge < -0.3 is 19.5 Å². The highest BCUT2D eigenvalue weighted by atomic mass is 32.1. The third-order valence-electron chi connectivity index (χ3n) is 6.47. The molecule has 0 unspecified atom stereocenters. The molecule has 0 aromatic carbocycles. The zero-order valence-corrected chi connectivity index (χ0v) is 20.1. The first-order valence-corrected chi connectivity index (χ1v) is 12.5. The van der Waals surface area contributed by atoms with E-state index < -0.39 is 0 Å². The summed E-state index contributed by atoms with van der Waals surface area (Å²) in [5, 5.41) is 5.81. The third-order valence-corrected chi connectivity index (χ3v) is 7.39. The summed E-state index contributed by atoms with van der Waals surface area (Å²) in [5.74, 6) is 0.662. The first-order chi connectivity index (χ1) is 16.7. The Kier molecular flexibility index (Phi) is 6.99. The number of rotatable bonds is 8. The number of likely N-dealkylation sites (tertiary alicyclic amines) is 1. The normalized spacial score (nSPS) is 15.1. The van der Waals surface area contributed by atoms with Gasteiger partial charge in [-0.15, -0.1) is 11.3 Å². The molecule has 4 aromatic rings. The third kappa shape index (κ3) is 5.19. The molecule has 4 aromatic heterocycles. The van der Waals surface area contributed by atoms with E-state index in [-0.39, 0.29) is 5.56 Å². The molecule has 0 bridgehead atoms. The number of hydrogen-bond donors (Lipinski definition) is 1. The summed E-state index contributed by atoms with van der Waals surface area (Å²) in [7, 11) is 1.61. The van der Waals surface area contributed by atoms with E-state index in [1.807, 2.05) is 23.0 Å². The van der Waals surface area contributed by atoms with Crippen molar-refractivity contribution in [3.63, 3.8) is 0 Å². The lowest BCUT2D eigenvalue weighted by atomic mass is 10.0. The van der Waals surface area contributed by atoms with Gasteiger partial charge in [-0.25, -0.2) is 0 Å². The largest absolute Gasteiger partial charge is 0.495 e.